The minimum atomic E-state index is -4.05. The number of nitrogens with one attached hydrogen (secondary N) is 1. The first-order valence-corrected chi connectivity index (χ1v) is 14.8. The van der Waals surface area contributed by atoms with E-state index in [1.165, 1.54) is 30.2 Å². The van der Waals surface area contributed by atoms with E-state index in [0.29, 0.717) is 17.9 Å². The van der Waals surface area contributed by atoms with Crippen LogP contribution in [0.4, 0.5) is 10.1 Å². The first-order valence-electron chi connectivity index (χ1n) is 13.0. The number of halogens is 1. The first kappa shape index (κ1) is 30.6. The molecular weight excluding hydrogens is 533 g/mol. The second kappa shape index (κ2) is 13.9. The van der Waals surface area contributed by atoms with Gasteiger partial charge in [-0.3, -0.25) is 13.9 Å². The standard InChI is InChI=1S/C30H36FN3O5S/c1-22(2)19-32-30(36)28(18-23-11-6-5-7-12-23)33(20-24-13-10-14-25(17-24)39-3)29(35)21-34(40(4,37)38)27-16-9-8-15-26(27)31/h5-17,22,28H,18-21H2,1-4H3,(H,32,36). The van der Waals surface area contributed by atoms with Gasteiger partial charge in [0.15, 0.2) is 0 Å². The van der Waals surface area contributed by atoms with Crippen molar-refractivity contribution >= 4 is 27.5 Å². The topological polar surface area (TPSA) is 96.0 Å². The molecule has 0 aliphatic heterocycles. The lowest BCUT2D eigenvalue weighted by Gasteiger charge is -2.33. The second-order valence-electron chi connectivity index (χ2n) is 9.94. The van der Waals surface area contributed by atoms with Gasteiger partial charge in [-0.1, -0.05) is 68.4 Å². The molecule has 0 radical (unpaired) electrons. The predicted octanol–water partition coefficient (Wildman–Crippen LogP) is 4.01. The minimum Gasteiger partial charge on any atom is -0.497 e. The number of methoxy groups -OCH3 is 1. The van der Waals surface area contributed by atoms with Crippen molar-refractivity contribution in [2.24, 2.45) is 5.92 Å². The maximum atomic E-state index is 14.7. The maximum absolute atomic E-state index is 14.7. The number of ether oxygens (including phenoxy) is 1. The average molecular weight is 570 g/mol. The van der Waals surface area contributed by atoms with Crippen LogP contribution in [0.2, 0.25) is 0 Å². The highest BCUT2D eigenvalue weighted by molar-refractivity contribution is 7.92. The van der Waals surface area contributed by atoms with Crippen LogP contribution in [0.25, 0.3) is 0 Å². The van der Waals surface area contributed by atoms with Crippen LogP contribution in [0.5, 0.6) is 5.75 Å². The van der Waals surface area contributed by atoms with Crippen molar-refractivity contribution in [3.05, 3.63) is 95.8 Å². The van der Waals surface area contributed by atoms with Crippen molar-refractivity contribution in [1.29, 1.82) is 0 Å². The van der Waals surface area contributed by atoms with E-state index in [4.69, 9.17) is 4.74 Å². The fraction of sp³-hybridized carbons (Fsp3) is 0.333. The normalized spacial score (nSPS) is 12.1. The minimum absolute atomic E-state index is 0.00247. The SMILES string of the molecule is COc1cccc(CN(C(=O)CN(c2ccccc2F)S(C)(=O)=O)C(Cc2ccccc2)C(=O)NCC(C)C)c1. The van der Waals surface area contributed by atoms with Crippen LogP contribution in [0.3, 0.4) is 0 Å². The van der Waals surface area contributed by atoms with E-state index in [1.807, 2.05) is 44.2 Å². The molecule has 0 aromatic heterocycles. The fourth-order valence-corrected chi connectivity index (χ4v) is 5.04. The number of benzene rings is 3. The Labute approximate surface area is 235 Å². The van der Waals surface area contributed by atoms with Gasteiger partial charge in [0.1, 0.15) is 24.2 Å². The molecule has 1 atom stereocenters. The molecule has 3 aromatic carbocycles. The Morgan fingerprint density at radius 3 is 2.23 bits per heavy atom. The van der Waals surface area contributed by atoms with Gasteiger partial charge in [0.2, 0.25) is 21.8 Å². The smallest absolute Gasteiger partial charge is 0.244 e. The van der Waals surface area contributed by atoms with E-state index in [9.17, 15) is 22.4 Å². The average Bonchev–Trinajstić information content (AvgIpc) is 2.92. The van der Waals surface area contributed by atoms with Crippen LogP contribution in [0.15, 0.2) is 78.9 Å². The molecule has 0 aliphatic rings. The summed E-state index contributed by atoms with van der Waals surface area (Å²) in [7, 11) is -2.53. The van der Waals surface area contributed by atoms with Crippen LogP contribution in [0, 0.1) is 11.7 Å². The molecule has 0 heterocycles. The Balaban J connectivity index is 2.07. The van der Waals surface area contributed by atoms with Crippen molar-refractivity contribution in [3.8, 4) is 5.75 Å². The van der Waals surface area contributed by atoms with E-state index in [2.05, 4.69) is 5.32 Å². The number of carbonyl (C=O) groups is 2. The number of amides is 2. The monoisotopic (exact) mass is 569 g/mol. The van der Waals surface area contributed by atoms with Crippen LogP contribution >= 0.6 is 0 Å². The van der Waals surface area contributed by atoms with Gasteiger partial charge in [0.25, 0.3) is 0 Å². The van der Waals surface area contributed by atoms with Crippen molar-refractivity contribution < 1.29 is 27.1 Å². The molecule has 0 aliphatic carbocycles. The second-order valence-corrected chi connectivity index (χ2v) is 11.8. The highest BCUT2D eigenvalue weighted by atomic mass is 32.2. The van der Waals surface area contributed by atoms with Gasteiger partial charge in [-0.05, 0) is 41.3 Å². The lowest BCUT2D eigenvalue weighted by molar-refractivity contribution is -0.140. The van der Waals surface area contributed by atoms with Gasteiger partial charge in [-0.2, -0.15) is 0 Å². The van der Waals surface area contributed by atoms with Gasteiger partial charge in [-0.15, -0.1) is 0 Å². The van der Waals surface area contributed by atoms with Crippen molar-refractivity contribution in [2.75, 3.05) is 30.8 Å². The summed E-state index contributed by atoms with van der Waals surface area (Å²) in [6.45, 7) is 3.63. The first-order chi connectivity index (χ1) is 19.0. The molecule has 0 saturated carbocycles. The van der Waals surface area contributed by atoms with Crippen molar-refractivity contribution in [2.45, 2.75) is 32.9 Å². The Morgan fingerprint density at radius 2 is 1.60 bits per heavy atom. The molecule has 1 N–H and O–H groups in total. The van der Waals surface area contributed by atoms with E-state index < -0.39 is 34.3 Å². The summed E-state index contributed by atoms with van der Waals surface area (Å²) in [5.74, 6) is -1.07. The molecule has 1 unspecified atom stereocenters. The Morgan fingerprint density at radius 1 is 0.950 bits per heavy atom. The van der Waals surface area contributed by atoms with E-state index in [0.717, 1.165) is 22.2 Å². The van der Waals surface area contributed by atoms with E-state index in [-0.39, 0.29) is 30.5 Å². The van der Waals surface area contributed by atoms with Gasteiger partial charge >= 0.3 is 0 Å². The molecule has 0 spiro atoms. The summed E-state index contributed by atoms with van der Waals surface area (Å²) >= 11 is 0. The molecule has 40 heavy (non-hydrogen) atoms. The van der Waals surface area contributed by atoms with Gasteiger partial charge in [0, 0.05) is 19.5 Å². The molecule has 214 valence electrons. The molecule has 2 amide bonds. The highest BCUT2D eigenvalue weighted by Crippen LogP contribution is 2.23. The molecule has 3 rings (SSSR count). The number of nitrogens with zero attached hydrogens (tertiary/aromatic N) is 2. The third-order valence-corrected chi connectivity index (χ3v) is 7.37. The van der Waals surface area contributed by atoms with Crippen LogP contribution in [0.1, 0.15) is 25.0 Å². The van der Waals surface area contributed by atoms with Crippen LogP contribution < -0.4 is 14.4 Å². The Bertz CT molecular complexity index is 1400. The number of carbonyl (C=O) groups excluding carboxylic acids is 2. The summed E-state index contributed by atoms with van der Waals surface area (Å²) in [5.41, 5.74) is 1.26. The zero-order chi connectivity index (χ0) is 29.3. The van der Waals surface area contributed by atoms with Crippen LogP contribution in [-0.4, -0.2) is 57.6 Å². The number of hydrogen-bond acceptors (Lipinski definition) is 5. The Hall–Kier alpha value is -3.92. The fourth-order valence-electron chi connectivity index (χ4n) is 4.19. The molecule has 0 bridgehead atoms. The summed E-state index contributed by atoms with van der Waals surface area (Å²) in [6, 6.07) is 20.7. The van der Waals surface area contributed by atoms with Gasteiger partial charge < -0.3 is 15.0 Å². The molecule has 0 fully saturated rings. The molecule has 8 nitrogen and oxygen atoms in total. The molecule has 3 aromatic rings. The number of rotatable bonds is 13. The maximum Gasteiger partial charge on any atom is 0.244 e. The number of para-hydroxylation sites is 1. The predicted molar refractivity (Wildman–Crippen MR) is 154 cm³/mol. The van der Waals surface area contributed by atoms with Gasteiger partial charge in [-0.25, -0.2) is 12.8 Å². The number of anilines is 1. The lowest BCUT2D eigenvalue weighted by atomic mass is 10.0. The zero-order valence-corrected chi connectivity index (χ0v) is 24.0. The summed E-state index contributed by atoms with van der Waals surface area (Å²) in [4.78, 5) is 29.0. The molecule has 0 saturated heterocycles. The number of hydrogen-bond donors (Lipinski definition) is 1. The quantitative estimate of drug-likeness (QED) is 0.336. The molecular formula is C30H36FN3O5S. The Kier molecular flexibility index (Phi) is 10.7. The zero-order valence-electron chi connectivity index (χ0n) is 23.2. The third-order valence-electron chi connectivity index (χ3n) is 6.24. The van der Waals surface area contributed by atoms with E-state index >= 15 is 0 Å². The summed E-state index contributed by atoms with van der Waals surface area (Å²) < 4.78 is 46.3. The lowest BCUT2D eigenvalue weighted by Crippen LogP contribution is -2.53. The largest absolute Gasteiger partial charge is 0.497 e. The number of sulfonamides is 1. The van der Waals surface area contributed by atoms with Crippen molar-refractivity contribution in [3.63, 3.8) is 0 Å². The van der Waals surface area contributed by atoms with E-state index in [1.54, 1.807) is 24.3 Å². The van der Waals surface area contributed by atoms with Crippen molar-refractivity contribution in [1.82, 2.24) is 10.2 Å². The summed E-state index contributed by atoms with van der Waals surface area (Å²) in [6.07, 6.45) is 1.11. The van der Waals surface area contributed by atoms with Gasteiger partial charge in [0.05, 0.1) is 19.1 Å². The molecule has 10 heteroatoms. The van der Waals surface area contributed by atoms with Crippen LogP contribution in [-0.2, 0) is 32.6 Å². The third kappa shape index (κ3) is 8.54. The summed E-state index contributed by atoms with van der Waals surface area (Å²) in [5, 5.41) is 2.92. The highest BCUT2D eigenvalue weighted by Gasteiger charge is 2.33.